The number of aryl methyl sites for hydroxylation is 1. The molecule has 0 aliphatic rings. The Bertz CT molecular complexity index is 307. The molecule has 0 radical (unpaired) electrons. The van der Waals surface area contributed by atoms with Crippen molar-refractivity contribution in [1.82, 2.24) is 9.97 Å². The average molecular weight is 228 g/mol. The minimum Gasteiger partial charge on any atom is -0.354 e. The molecule has 4 heteroatoms. The van der Waals surface area contributed by atoms with Gasteiger partial charge in [0.25, 0.3) is 0 Å². The fourth-order valence-electron chi connectivity index (χ4n) is 1.58. The van der Waals surface area contributed by atoms with Gasteiger partial charge in [-0.3, -0.25) is 0 Å². The van der Waals surface area contributed by atoms with E-state index in [0.717, 1.165) is 24.6 Å². The van der Waals surface area contributed by atoms with E-state index in [4.69, 9.17) is 11.6 Å². The van der Waals surface area contributed by atoms with E-state index in [9.17, 15) is 0 Å². The monoisotopic (exact) mass is 227 g/mol. The van der Waals surface area contributed by atoms with E-state index in [1.165, 1.54) is 0 Å². The van der Waals surface area contributed by atoms with Crippen molar-refractivity contribution in [2.75, 3.05) is 11.4 Å². The summed E-state index contributed by atoms with van der Waals surface area (Å²) in [6.45, 7) is 9.27. The number of hydrogen-bond donors (Lipinski definition) is 0. The van der Waals surface area contributed by atoms with Gasteiger partial charge in [0.1, 0.15) is 16.8 Å². The molecule has 0 aliphatic carbocycles. The van der Waals surface area contributed by atoms with E-state index in [1.807, 2.05) is 13.0 Å². The number of nitrogens with zero attached hydrogens (tertiary/aromatic N) is 3. The summed E-state index contributed by atoms with van der Waals surface area (Å²) in [6.07, 6.45) is 1.09. The molecule has 0 N–H and O–H groups in total. The van der Waals surface area contributed by atoms with E-state index < -0.39 is 0 Å². The molecular formula is C11H18ClN3. The molecule has 0 amide bonds. The maximum atomic E-state index is 5.92. The van der Waals surface area contributed by atoms with Crippen LogP contribution >= 0.6 is 11.6 Å². The van der Waals surface area contributed by atoms with Gasteiger partial charge in [0, 0.05) is 18.7 Å². The molecule has 0 fully saturated rings. The summed E-state index contributed by atoms with van der Waals surface area (Å²) in [6, 6.07) is 2.30. The fourth-order valence-corrected chi connectivity index (χ4v) is 1.80. The Balaban J connectivity index is 3.01. The Kier molecular flexibility index (Phi) is 4.33. The molecule has 1 rings (SSSR count). The van der Waals surface area contributed by atoms with Gasteiger partial charge in [-0.15, -0.1) is 0 Å². The lowest BCUT2D eigenvalue weighted by atomic mass is 10.2. The fraction of sp³-hybridized carbons (Fsp3) is 0.636. The third-order valence-corrected chi connectivity index (χ3v) is 2.74. The van der Waals surface area contributed by atoms with Gasteiger partial charge in [0.15, 0.2) is 0 Å². The predicted molar refractivity (Wildman–Crippen MR) is 64.6 cm³/mol. The van der Waals surface area contributed by atoms with Crippen molar-refractivity contribution in [3.8, 4) is 0 Å². The van der Waals surface area contributed by atoms with Crippen LogP contribution in [0, 0.1) is 6.92 Å². The highest BCUT2D eigenvalue weighted by atomic mass is 35.5. The Hall–Kier alpha value is -0.830. The van der Waals surface area contributed by atoms with Gasteiger partial charge in [0.05, 0.1) is 0 Å². The van der Waals surface area contributed by atoms with Crippen molar-refractivity contribution in [3.63, 3.8) is 0 Å². The zero-order valence-electron chi connectivity index (χ0n) is 9.79. The highest BCUT2D eigenvalue weighted by molar-refractivity contribution is 6.29. The Labute approximate surface area is 96.5 Å². The van der Waals surface area contributed by atoms with Crippen molar-refractivity contribution < 1.29 is 0 Å². The SMILES string of the molecule is CCC(C)N(CC)c1cc(Cl)nc(C)n1. The predicted octanol–water partition coefficient (Wildman–Crippen LogP) is 3.06. The molecule has 0 spiro atoms. The third kappa shape index (κ3) is 3.06. The average Bonchev–Trinajstić information content (AvgIpc) is 2.17. The van der Waals surface area contributed by atoms with Crippen molar-refractivity contribution in [2.45, 2.75) is 40.2 Å². The topological polar surface area (TPSA) is 29.0 Å². The summed E-state index contributed by atoms with van der Waals surface area (Å²) in [5.74, 6) is 1.64. The van der Waals surface area contributed by atoms with Crippen LogP contribution < -0.4 is 4.90 Å². The molecule has 3 nitrogen and oxygen atoms in total. The van der Waals surface area contributed by atoms with Crippen molar-refractivity contribution in [1.29, 1.82) is 0 Å². The van der Waals surface area contributed by atoms with Crippen LogP contribution in [-0.4, -0.2) is 22.6 Å². The molecule has 1 aromatic rings. The molecule has 1 unspecified atom stereocenters. The molecule has 84 valence electrons. The first-order valence-electron chi connectivity index (χ1n) is 5.36. The largest absolute Gasteiger partial charge is 0.354 e. The molecule has 1 heterocycles. The molecule has 0 bridgehead atoms. The summed E-state index contributed by atoms with van der Waals surface area (Å²) in [7, 11) is 0. The maximum absolute atomic E-state index is 5.92. The molecule has 1 atom stereocenters. The lowest BCUT2D eigenvalue weighted by Crippen LogP contribution is -2.33. The highest BCUT2D eigenvalue weighted by Crippen LogP contribution is 2.19. The Morgan fingerprint density at radius 1 is 1.40 bits per heavy atom. The smallest absolute Gasteiger partial charge is 0.134 e. The summed E-state index contributed by atoms with van der Waals surface area (Å²) >= 11 is 5.92. The highest BCUT2D eigenvalue weighted by Gasteiger charge is 2.13. The Morgan fingerprint density at radius 2 is 2.07 bits per heavy atom. The standard InChI is InChI=1S/C11H18ClN3/c1-5-8(3)15(6-2)11-7-10(12)13-9(4)14-11/h7-8H,5-6H2,1-4H3. The summed E-state index contributed by atoms with van der Waals surface area (Å²) < 4.78 is 0. The number of aromatic nitrogens is 2. The quantitative estimate of drug-likeness (QED) is 0.741. The molecule has 0 saturated heterocycles. The van der Waals surface area contributed by atoms with Gasteiger partial charge in [-0.25, -0.2) is 9.97 Å². The number of anilines is 1. The van der Waals surface area contributed by atoms with Gasteiger partial charge in [-0.2, -0.15) is 0 Å². The van der Waals surface area contributed by atoms with Gasteiger partial charge >= 0.3 is 0 Å². The van der Waals surface area contributed by atoms with E-state index >= 15 is 0 Å². The lowest BCUT2D eigenvalue weighted by Gasteiger charge is -2.28. The lowest BCUT2D eigenvalue weighted by molar-refractivity contribution is 0.621. The van der Waals surface area contributed by atoms with Crippen LogP contribution in [0.3, 0.4) is 0 Å². The van der Waals surface area contributed by atoms with Gasteiger partial charge in [-0.1, -0.05) is 18.5 Å². The summed E-state index contributed by atoms with van der Waals surface area (Å²) in [5.41, 5.74) is 0. The van der Waals surface area contributed by atoms with Crippen LogP contribution in [0.25, 0.3) is 0 Å². The van der Waals surface area contributed by atoms with E-state index in [1.54, 1.807) is 0 Å². The minimum absolute atomic E-state index is 0.473. The van der Waals surface area contributed by atoms with E-state index in [-0.39, 0.29) is 0 Å². The second-order valence-electron chi connectivity index (χ2n) is 3.64. The zero-order valence-corrected chi connectivity index (χ0v) is 10.5. The van der Waals surface area contributed by atoms with E-state index in [0.29, 0.717) is 11.2 Å². The second kappa shape index (κ2) is 5.31. The van der Waals surface area contributed by atoms with Gasteiger partial charge in [-0.05, 0) is 27.2 Å². The van der Waals surface area contributed by atoms with Crippen LogP contribution in [0.1, 0.15) is 33.0 Å². The number of hydrogen-bond acceptors (Lipinski definition) is 3. The molecule has 1 aromatic heterocycles. The molecule has 15 heavy (non-hydrogen) atoms. The van der Waals surface area contributed by atoms with Crippen LogP contribution in [0.4, 0.5) is 5.82 Å². The zero-order chi connectivity index (χ0) is 11.4. The van der Waals surface area contributed by atoms with Crippen LogP contribution in [-0.2, 0) is 0 Å². The first-order valence-corrected chi connectivity index (χ1v) is 5.74. The van der Waals surface area contributed by atoms with Crippen molar-refractivity contribution in [3.05, 3.63) is 17.0 Å². The molecule has 0 aliphatic heterocycles. The van der Waals surface area contributed by atoms with Crippen LogP contribution in [0.2, 0.25) is 5.15 Å². The minimum atomic E-state index is 0.473. The second-order valence-corrected chi connectivity index (χ2v) is 4.03. The van der Waals surface area contributed by atoms with Crippen molar-refractivity contribution >= 4 is 17.4 Å². The van der Waals surface area contributed by atoms with Gasteiger partial charge < -0.3 is 4.90 Å². The van der Waals surface area contributed by atoms with Gasteiger partial charge in [0.2, 0.25) is 0 Å². The van der Waals surface area contributed by atoms with Crippen LogP contribution in [0.15, 0.2) is 6.07 Å². The molecule has 0 aromatic carbocycles. The first-order chi connectivity index (χ1) is 7.08. The number of rotatable bonds is 4. The van der Waals surface area contributed by atoms with E-state index in [2.05, 4.69) is 35.6 Å². The maximum Gasteiger partial charge on any atom is 0.134 e. The molecular weight excluding hydrogens is 210 g/mol. The van der Waals surface area contributed by atoms with Crippen LogP contribution in [0.5, 0.6) is 0 Å². The van der Waals surface area contributed by atoms with Crippen molar-refractivity contribution in [2.24, 2.45) is 0 Å². The summed E-state index contributed by atoms with van der Waals surface area (Å²) in [4.78, 5) is 10.7. The normalized spacial score (nSPS) is 12.6. The molecule has 0 saturated carbocycles. The Morgan fingerprint density at radius 3 is 2.53 bits per heavy atom. The third-order valence-electron chi connectivity index (χ3n) is 2.55. The number of halogens is 1. The first kappa shape index (κ1) is 12.2. The summed E-state index contributed by atoms with van der Waals surface area (Å²) in [5, 5.41) is 0.513.